The van der Waals surface area contributed by atoms with Gasteiger partial charge < -0.3 is 25.1 Å². The highest BCUT2D eigenvalue weighted by Gasteiger charge is 2.32. The Balaban J connectivity index is 1.73. The number of hydrogen-bond donors (Lipinski definition) is 3. The average molecular weight is 564 g/mol. The largest absolute Gasteiger partial charge is 0.465 e. The highest BCUT2D eigenvalue weighted by atomic mass is 32.2. The lowest BCUT2D eigenvalue weighted by atomic mass is 10.00. The molecule has 2 atom stereocenters. The first-order valence-corrected chi connectivity index (χ1v) is 14.2. The monoisotopic (exact) mass is 563 g/mol. The third-order valence-corrected chi connectivity index (χ3v) is 7.28. The molecule has 0 bridgehead atoms. The summed E-state index contributed by atoms with van der Waals surface area (Å²) in [5, 5.41) is 17.1. The first kappa shape index (κ1) is 30.7. The highest BCUT2D eigenvalue weighted by Crippen LogP contribution is 2.15. The van der Waals surface area contributed by atoms with Crippen molar-refractivity contribution in [3.8, 4) is 0 Å². The van der Waals surface area contributed by atoms with E-state index in [1.807, 2.05) is 75.4 Å². The van der Waals surface area contributed by atoms with Gasteiger partial charge >= 0.3 is 0 Å². The maximum atomic E-state index is 13.6. The van der Waals surface area contributed by atoms with E-state index >= 15 is 0 Å². The minimum Gasteiger partial charge on any atom is -0.465 e. The number of amides is 3. The second-order valence-corrected chi connectivity index (χ2v) is 11.2. The number of thioether (sulfide) groups is 1. The Morgan fingerprint density at radius 1 is 1.02 bits per heavy atom. The summed E-state index contributed by atoms with van der Waals surface area (Å²) in [5.41, 5.74) is 2.88. The molecule has 1 aromatic heterocycles. The smallest absolute Gasteiger partial charge is 0.254 e. The fourth-order valence-corrected chi connectivity index (χ4v) is 4.60. The number of rotatable bonds is 14. The van der Waals surface area contributed by atoms with E-state index in [9.17, 15) is 19.5 Å². The molecule has 40 heavy (non-hydrogen) atoms. The van der Waals surface area contributed by atoms with Crippen LogP contribution >= 0.6 is 11.8 Å². The standard InChI is InChI=1S/C31H37N3O5S/c1-22(2)40-21-34(20-29(36)32-19-25-13-8-7-10-23(25)3)31(38)30(37)27(18-24-11-5-4-6-12-24)33-28(35)16-15-26-14-9-17-39-26/h4-17,22,27,30,37H,18-21H2,1-3H3,(H,32,36)(H,33,35)/b16-15+/t27-,30-/m0/s1. The van der Waals surface area contributed by atoms with E-state index in [4.69, 9.17) is 4.42 Å². The molecule has 1 heterocycles. The zero-order valence-corrected chi connectivity index (χ0v) is 23.9. The van der Waals surface area contributed by atoms with Crippen LogP contribution in [0.4, 0.5) is 0 Å². The fraction of sp³-hybridized carbons (Fsp3) is 0.323. The number of furan rings is 1. The van der Waals surface area contributed by atoms with Crippen LogP contribution in [-0.4, -0.2) is 57.5 Å². The number of carbonyl (C=O) groups excluding carboxylic acids is 3. The maximum absolute atomic E-state index is 13.6. The molecule has 0 aliphatic rings. The molecule has 9 heteroatoms. The summed E-state index contributed by atoms with van der Waals surface area (Å²) in [6.07, 6.45) is 2.95. The molecule has 3 amide bonds. The summed E-state index contributed by atoms with van der Waals surface area (Å²) in [4.78, 5) is 40.5. The summed E-state index contributed by atoms with van der Waals surface area (Å²) >= 11 is 1.49. The maximum Gasteiger partial charge on any atom is 0.254 e. The minimum absolute atomic E-state index is 0.203. The number of aliphatic hydroxyl groups is 1. The van der Waals surface area contributed by atoms with Crippen molar-refractivity contribution in [2.45, 2.75) is 51.1 Å². The number of carbonyl (C=O) groups is 3. The van der Waals surface area contributed by atoms with E-state index in [-0.39, 0.29) is 30.0 Å². The zero-order valence-electron chi connectivity index (χ0n) is 23.1. The third-order valence-electron chi connectivity index (χ3n) is 6.15. The fourth-order valence-electron chi connectivity index (χ4n) is 3.90. The molecule has 8 nitrogen and oxygen atoms in total. The normalized spacial score (nSPS) is 12.7. The molecular formula is C31H37N3O5S. The summed E-state index contributed by atoms with van der Waals surface area (Å²) < 4.78 is 5.22. The van der Waals surface area contributed by atoms with Crippen LogP contribution in [0, 0.1) is 6.92 Å². The second-order valence-electron chi connectivity index (χ2n) is 9.68. The molecule has 0 saturated carbocycles. The number of hydrogen-bond acceptors (Lipinski definition) is 6. The van der Waals surface area contributed by atoms with Gasteiger partial charge in [0.15, 0.2) is 6.10 Å². The molecule has 0 unspecified atom stereocenters. The highest BCUT2D eigenvalue weighted by molar-refractivity contribution is 7.99. The second kappa shape index (κ2) is 15.7. The van der Waals surface area contributed by atoms with E-state index in [2.05, 4.69) is 10.6 Å². The van der Waals surface area contributed by atoms with Crippen molar-refractivity contribution in [3.05, 3.63) is 102 Å². The Labute approximate surface area is 239 Å². The number of nitrogens with one attached hydrogen (secondary N) is 2. The van der Waals surface area contributed by atoms with Gasteiger partial charge in [0.2, 0.25) is 11.8 Å². The first-order chi connectivity index (χ1) is 19.2. The lowest BCUT2D eigenvalue weighted by Gasteiger charge is -2.29. The minimum atomic E-state index is -1.57. The summed E-state index contributed by atoms with van der Waals surface area (Å²) in [7, 11) is 0. The van der Waals surface area contributed by atoms with Crippen molar-refractivity contribution >= 4 is 35.6 Å². The summed E-state index contributed by atoms with van der Waals surface area (Å²) in [6, 6.07) is 19.5. The Hall–Kier alpha value is -3.82. The van der Waals surface area contributed by atoms with Crippen LogP contribution in [0.2, 0.25) is 0 Å². The van der Waals surface area contributed by atoms with Crippen molar-refractivity contribution in [2.75, 3.05) is 12.4 Å². The van der Waals surface area contributed by atoms with Crippen LogP contribution in [0.15, 0.2) is 83.5 Å². The lowest BCUT2D eigenvalue weighted by Crippen LogP contribution is -2.54. The van der Waals surface area contributed by atoms with E-state index < -0.39 is 24.0 Å². The van der Waals surface area contributed by atoms with Gasteiger partial charge in [-0.25, -0.2) is 0 Å². The van der Waals surface area contributed by atoms with Crippen molar-refractivity contribution in [1.29, 1.82) is 0 Å². The molecular weight excluding hydrogens is 526 g/mol. The van der Waals surface area contributed by atoms with E-state index in [0.29, 0.717) is 12.3 Å². The van der Waals surface area contributed by atoms with Crippen molar-refractivity contribution in [1.82, 2.24) is 15.5 Å². The Morgan fingerprint density at radius 2 is 1.75 bits per heavy atom. The van der Waals surface area contributed by atoms with Gasteiger partial charge in [-0.2, -0.15) is 0 Å². The molecule has 3 aromatic rings. The third kappa shape index (κ3) is 10.1. The molecule has 0 fully saturated rings. The predicted octanol–water partition coefficient (Wildman–Crippen LogP) is 3.93. The van der Waals surface area contributed by atoms with Crippen LogP contribution in [0.25, 0.3) is 6.08 Å². The Kier molecular flexibility index (Phi) is 12.0. The van der Waals surface area contributed by atoms with Crippen molar-refractivity contribution < 1.29 is 23.9 Å². The van der Waals surface area contributed by atoms with Crippen molar-refractivity contribution in [3.63, 3.8) is 0 Å². The van der Waals surface area contributed by atoms with E-state index in [1.165, 1.54) is 35.1 Å². The summed E-state index contributed by atoms with van der Waals surface area (Å²) in [5.74, 6) is -0.729. The molecule has 0 saturated heterocycles. The number of benzene rings is 2. The molecule has 212 valence electrons. The average Bonchev–Trinajstić information content (AvgIpc) is 3.47. The van der Waals surface area contributed by atoms with Gasteiger partial charge in [0.05, 0.1) is 18.2 Å². The zero-order chi connectivity index (χ0) is 28.9. The lowest BCUT2D eigenvalue weighted by molar-refractivity contribution is -0.144. The van der Waals surface area contributed by atoms with E-state index in [1.54, 1.807) is 12.1 Å². The Bertz CT molecular complexity index is 1260. The van der Waals surface area contributed by atoms with Gasteiger partial charge in [0.1, 0.15) is 12.3 Å². The van der Waals surface area contributed by atoms with Crippen molar-refractivity contribution in [2.24, 2.45) is 0 Å². The van der Waals surface area contributed by atoms with E-state index in [0.717, 1.165) is 16.7 Å². The molecule has 2 aromatic carbocycles. The van der Waals surface area contributed by atoms with Gasteiger partial charge in [-0.15, -0.1) is 11.8 Å². The van der Waals surface area contributed by atoms with Gasteiger partial charge in [-0.1, -0.05) is 68.4 Å². The number of aryl methyl sites for hydroxylation is 1. The molecule has 3 N–H and O–H groups in total. The number of aliphatic hydroxyl groups excluding tert-OH is 1. The first-order valence-electron chi connectivity index (χ1n) is 13.2. The summed E-state index contributed by atoms with van der Waals surface area (Å²) in [6.45, 7) is 6.07. The predicted molar refractivity (Wildman–Crippen MR) is 158 cm³/mol. The van der Waals surface area contributed by atoms with Gasteiger partial charge in [0.25, 0.3) is 5.91 Å². The number of nitrogens with zero attached hydrogens (tertiary/aromatic N) is 1. The van der Waals surface area contributed by atoms with Gasteiger partial charge in [-0.3, -0.25) is 14.4 Å². The molecule has 0 spiro atoms. The molecule has 0 radical (unpaired) electrons. The quantitative estimate of drug-likeness (QED) is 0.202. The van der Waals surface area contributed by atoms with Crippen LogP contribution in [0.3, 0.4) is 0 Å². The van der Waals surface area contributed by atoms with Crippen LogP contribution in [0.1, 0.15) is 36.3 Å². The van der Waals surface area contributed by atoms with Crippen LogP contribution in [-0.2, 0) is 27.3 Å². The van der Waals surface area contributed by atoms with Crippen LogP contribution < -0.4 is 10.6 Å². The van der Waals surface area contributed by atoms with Gasteiger partial charge in [-0.05, 0) is 48.2 Å². The molecule has 0 aliphatic heterocycles. The topological polar surface area (TPSA) is 112 Å². The van der Waals surface area contributed by atoms with Crippen LogP contribution in [0.5, 0.6) is 0 Å². The molecule has 0 aliphatic carbocycles. The SMILES string of the molecule is Cc1ccccc1CNC(=O)CN(CSC(C)C)C(=O)[C@@H](O)[C@H](Cc1ccccc1)NC(=O)/C=C/c1ccco1. The molecule has 3 rings (SSSR count). The van der Waals surface area contributed by atoms with Gasteiger partial charge in [0, 0.05) is 17.9 Å². The Morgan fingerprint density at radius 3 is 2.42 bits per heavy atom.